The Bertz CT molecular complexity index is 1210. The lowest BCUT2D eigenvalue weighted by Gasteiger charge is -2.09. The van der Waals surface area contributed by atoms with Crippen LogP contribution in [-0.4, -0.2) is 32.9 Å². The second-order valence-corrected chi connectivity index (χ2v) is 7.56. The average Bonchev–Trinajstić information content (AvgIpc) is 3.46. The molecule has 4 aromatic rings. The van der Waals surface area contributed by atoms with E-state index in [4.69, 9.17) is 9.47 Å². The van der Waals surface area contributed by atoms with Gasteiger partial charge in [-0.05, 0) is 30.2 Å². The van der Waals surface area contributed by atoms with Gasteiger partial charge < -0.3 is 14.8 Å². The molecule has 0 fully saturated rings. The number of rotatable bonds is 5. The molecule has 154 valence electrons. The van der Waals surface area contributed by atoms with Crippen LogP contribution in [0.4, 0.5) is 19.0 Å². The van der Waals surface area contributed by atoms with Crippen molar-refractivity contribution in [3.05, 3.63) is 53.4 Å². The molecule has 0 bridgehead atoms. The van der Waals surface area contributed by atoms with Crippen LogP contribution in [0.25, 0.3) is 16.2 Å². The van der Waals surface area contributed by atoms with Gasteiger partial charge in [-0.1, -0.05) is 6.07 Å². The maximum absolute atomic E-state index is 13.2. The maximum atomic E-state index is 13.2. The molecular weight excluding hydrogens is 419 g/mol. The summed E-state index contributed by atoms with van der Waals surface area (Å²) in [4.78, 5) is 12.2. The topological polar surface area (TPSA) is 74.1 Å². The van der Waals surface area contributed by atoms with E-state index < -0.39 is 11.1 Å². The zero-order valence-electron chi connectivity index (χ0n) is 15.3. The van der Waals surface area contributed by atoms with Crippen molar-refractivity contribution in [2.24, 2.45) is 0 Å². The minimum Gasteiger partial charge on any atom is -0.454 e. The number of aromatic nitrogens is 4. The minimum atomic E-state index is -4.44. The van der Waals surface area contributed by atoms with Crippen LogP contribution in [-0.2, 0) is 12.6 Å². The predicted molar refractivity (Wildman–Crippen MR) is 104 cm³/mol. The van der Waals surface area contributed by atoms with Crippen molar-refractivity contribution in [3.63, 3.8) is 0 Å². The number of nitrogens with one attached hydrogen (secondary N) is 1. The Balaban J connectivity index is 1.43. The first-order valence-electron chi connectivity index (χ1n) is 8.97. The summed E-state index contributed by atoms with van der Waals surface area (Å²) in [6.07, 6.45) is 0.866. The van der Waals surface area contributed by atoms with Crippen molar-refractivity contribution in [1.29, 1.82) is 0 Å². The van der Waals surface area contributed by atoms with Crippen LogP contribution in [0.3, 0.4) is 0 Å². The van der Waals surface area contributed by atoms with E-state index in [0.29, 0.717) is 47.0 Å². The van der Waals surface area contributed by atoms with Crippen LogP contribution in [0, 0.1) is 0 Å². The van der Waals surface area contributed by atoms with Gasteiger partial charge in [0.25, 0.3) is 0 Å². The quantitative estimate of drug-likeness (QED) is 0.507. The molecule has 0 spiro atoms. The smallest absolute Gasteiger partial charge is 0.425 e. The molecule has 0 unspecified atom stereocenters. The van der Waals surface area contributed by atoms with Crippen molar-refractivity contribution in [1.82, 2.24) is 19.5 Å². The van der Waals surface area contributed by atoms with E-state index in [1.54, 1.807) is 17.0 Å². The van der Waals surface area contributed by atoms with E-state index in [0.717, 1.165) is 11.6 Å². The highest BCUT2D eigenvalue weighted by Crippen LogP contribution is 2.39. The van der Waals surface area contributed by atoms with Crippen LogP contribution in [0.2, 0.25) is 0 Å². The summed E-state index contributed by atoms with van der Waals surface area (Å²) in [6.45, 7) is 0.666. The Morgan fingerprint density at radius 1 is 1.13 bits per heavy atom. The second-order valence-electron chi connectivity index (χ2n) is 6.53. The molecule has 0 amide bonds. The number of halogens is 3. The lowest BCUT2D eigenvalue weighted by atomic mass is 10.1. The molecule has 1 aliphatic rings. The first kappa shape index (κ1) is 18.7. The Hall–Kier alpha value is -3.34. The largest absolute Gasteiger partial charge is 0.454 e. The van der Waals surface area contributed by atoms with Gasteiger partial charge in [-0.3, -0.25) is 4.57 Å². The molecule has 7 nitrogen and oxygen atoms in total. The van der Waals surface area contributed by atoms with E-state index in [2.05, 4.69) is 20.3 Å². The zero-order chi connectivity index (χ0) is 20.7. The number of fused-ring (bicyclic) bond motifs is 2. The fraction of sp³-hybridized carbons (Fsp3) is 0.211. The second kappa shape index (κ2) is 7.17. The number of alkyl halides is 3. The Morgan fingerprint density at radius 3 is 2.80 bits per heavy atom. The summed E-state index contributed by atoms with van der Waals surface area (Å²) in [6, 6.07) is 6.74. The fourth-order valence-corrected chi connectivity index (χ4v) is 3.99. The number of hydrogen-bond donors (Lipinski definition) is 1. The first-order valence-corrected chi connectivity index (χ1v) is 9.78. The van der Waals surface area contributed by atoms with Gasteiger partial charge in [0.05, 0.1) is 5.39 Å². The summed E-state index contributed by atoms with van der Waals surface area (Å²) in [5, 5.41) is 3.49. The van der Waals surface area contributed by atoms with Gasteiger partial charge in [-0.2, -0.15) is 18.2 Å². The molecule has 1 N–H and O–H groups in total. The molecule has 0 saturated heterocycles. The van der Waals surface area contributed by atoms with Gasteiger partial charge >= 0.3 is 6.18 Å². The van der Waals surface area contributed by atoms with Crippen molar-refractivity contribution >= 4 is 27.4 Å². The average molecular weight is 433 g/mol. The van der Waals surface area contributed by atoms with E-state index in [1.165, 1.54) is 6.33 Å². The summed E-state index contributed by atoms with van der Waals surface area (Å²) < 4.78 is 51.9. The first-order chi connectivity index (χ1) is 14.5. The molecule has 1 aliphatic heterocycles. The standard InChI is InChI=1S/C19H14F3N5O2S/c20-19(21,22)15-8-12-16(25-18(26-17(12)30-15)27-6-5-23-9-27)24-4-3-11-1-2-13-14(7-11)29-10-28-13/h1-2,5-9H,3-4,10H2,(H,24,25,26). The molecule has 5 rings (SSSR count). The number of ether oxygens (including phenoxy) is 2. The van der Waals surface area contributed by atoms with Gasteiger partial charge in [-0.15, -0.1) is 11.3 Å². The Kier molecular flexibility index (Phi) is 4.46. The van der Waals surface area contributed by atoms with E-state index in [1.807, 2.05) is 18.2 Å². The van der Waals surface area contributed by atoms with Crippen LogP contribution >= 0.6 is 11.3 Å². The number of hydrogen-bond acceptors (Lipinski definition) is 7. The van der Waals surface area contributed by atoms with Gasteiger partial charge in [0.1, 0.15) is 21.9 Å². The zero-order valence-corrected chi connectivity index (χ0v) is 16.1. The highest BCUT2D eigenvalue weighted by Gasteiger charge is 2.33. The number of imidazole rings is 1. The van der Waals surface area contributed by atoms with Crippen molar-refractivity contribution in [2.75, 3.05) is 18.7 Å². The van der Waals surface area contributed by atoms with E-state index in [-0.39, 0.29) is 17.6 Å². The van der Waals surface area contributed by atoms with Crippen molar-refractivity contribution < 1.29 is 22.6 Å². The number of benzene rings is 1. The normalized spacial score (nSPS) is 13.2. The fourth-order valence-electron chi connectivity index (χ4n) is 3.10. The molecule has 0 radical (unpaired) electrons. The number of anilines is 1. The summed E-state index contributed by atoms with van der Waals surface area (Å²) >= 11 is 0.593. The third kappa shape index (κ3) is 3.52. The van der Waals surface area contributed by atoms with Gasteiger partial charge in [0, 0.05) is 18.9 Å². The molecule has 11 heteroatoms. The SMILES string of the molecule is FC(F)(F)c1cc2c(NCCc3ccc4c(c3)OCO4)nc(-n3ccnc3)nc2s1. The third-order valence-corrected chi connectivity index (χ3v) is 5.61. The molecule has 3 aromatic heterocycles. The van der Waals surface area contributed by atoms with Crippen LogP contribution in [0.5, 0.6) is 11.5 Å². The summed E-state index contributed by atoms with van der Waals surface area (Å²) in [5.74, 6) is 1.98. The lowest BCUT2D eigenvalue weighted by Crippen LogP contribution is -2.09. The maximum Gasteiger partial charge on any atom is 0.425 e. The Morgan fingerprint density at radius 2 is 2.00 bits per heavy atom. The molecular formula is C19H14F3N5O2S. The van der Waals surface area contributed by atoms with Gasteiger partial charge in [0.15, 0.2) is 11.5 Å². The molecule has 4 heterocycles. The number of nitrogens with zero attached hydrogens (tertiary/aromatic N) is 4. The molecule has 0 atom stereocenters. The molecule has 30 heavy (non-hydrogen) atoms. The highest BCUT2D eigenvalue weighted by molar-refractivity contribution is 7.18. The van der Waals surface area contributed by atoms with Crippen molar-refractivity contribution in [3.8, 4) is 17.4 Å². The summed E-state index contributed by atoms with van der Waals surface area (Å²) in [5.41, 5.74) is 1.01. The van der Waals surface area contributed by atoms with E-state index in [9.17, 15) is 13.2 Å². The van der Waals surface area contributed by atoms with Crippen LogP contribution in [0.15, 0.2) is 43.0 Å². The number of thiophene rings is 1. The predicted octanol–water partition coefficient (Wildman–Crippen LogP) is 4.28. The monoisotopic (exact) mass is 433 g/mol. The molecule has 1 aromatic carbocycles. The third-order valence-electron chi connectivity index (χ3n) is 4.54. The Labute approximate surface area is 172 Å². The molecule has 0 saturated carbocycles. The van der Waals surface area contributed by atoms with Crippen LogP contribution < -0.4 is 14.8 Å². The lowest BCUT2D eigenvalue weighted by molar-refractivity contribution is -0.134. The highest BCUT2D eigenvalue weighted by atomic mass is 32.1. The molecule has 0 aliphatic carbocycles. The summed E-state index contributed by atoms with van der Waals surface area (Å²) in [7, 11) is 0. The van der Waals surface area contributed by atoms with E-state index >= 15 is 0 Å². The van der Waals surface area contributed by atoms with Crippen LogP contribution in [0.1, 0.15) is 10.4 Å². The van der Waals surface area contributed by atoms with Gasteiger partial charge in [0.2, 0.25) is 12.7 Å². The minimum absolute atomic E-state index is 0.201. The van der Waals surface area contributed by atoms with Gasteiger partial charge in [-0.25, -0.2) is 9.97 Å². The van der Waals surface area contributed by atoms with Crippen molar-refractivity contribution in [2.45, 2.75) is 12.6 Å².